The molecule has 0 aliphatic heterocycles. The highest BCUT2D eigenvalue weighted by molar-refractivity contribution is 5.97. The molecule has 0 saturated heterocycles. The van der Waals surface area contributed by atoms with Gasteiger partial charge in [0.2, 0.25) is 5.82 Å². The van der Waals surface area contributed by atoms with Crippen LogP contribution in [-0.4, -0.2) is 44.3 Å². The minimum absolute atomic E-state index is 0.0384. The van der Waals surface area contributed by atoms with Gasteiger partial charge in [-0.05, 0) is 35.2 Å². The largest absolute Gasteiger partial charge is 0.465 e. The van der Waals surface area contributed by atoms with Crippen molar-refractivity contribution in [2.45, 2.75) is 19.5 Å². The Kier molecular flexibility index (Phi) is 6.57. The third-order valence-electron chi connectivity index (χ3n) is 5.15. The van der Waals surface area contributed by atoms with E-state index in [-0.39, 0.29) is 12.4 Å². The molecule has 0 unspecified atom stereocenters. The Morgan fingerprint density at radius 1 is 1.21 bits per heavy atom. The maximum atomic E-state index is 12.2. The number of aliphatic hydroxyl groups is 1. The van der Waals surface area contributed by atoms with Crippen molar-refractivity contribution in [2.24, 2.45) is 0 Å². The number of esters is 1. The first-order chi connectivity index (χ1) is 16.1. The van der Waals surface area contributed by atoms with E-state index < -0.39 is 5.97 Å². The molecule has 0 bridgehead atoms. The summed E-state index contributed by atoms with van der Waals surface area (Å²) in [5, 5.41) is 21.7. The highest BCUT2D eigenvalue weighted by Crippen LogP contribution is 2.26. The van der Waals surface area contributed by atoms with Crippen molar-refractivity contribution in [1.29, 1.82) is 5.26 Å². The summed E-state index contributed by atoms with van der Waals surface area (Å²) in [7, 11) is 1.36. The lowest BCUT2D eigenvalue weighted by Gasteiger charge is -2.11. The minimum Gasteiger partial charge on any atom is -0.465 e. The number of benzene rings is 2. The zero-order valence-electron chi connectivity index (χ0n) is 18.0. The van der Waals surface area contributed by atoms with Gasteiger partial charge in [-0.1, -0.05) is 36.4 Å². The monoisotopic (exact) mass is 442 g/mol. The number of anilines is 1. The molecule has 0 saturated carbocycles. The zero-order chi connectivity index (χ0) is 23.2. The molecule has 0 aliphatic carbocycles. The Labute approximate surface area is 190 Å². The fourth-order valence-electron chi connectivity index (χ4n) is 3.58. The molecule has 2 aromatic heterocycles. The number of rotatable bonds is 8. The molecule has 0 amide bonds. The van der Waals surface area contributed by atoms with Crippen molar-refractivity contribution in [3.63, 3.8) is 0 Å². The van der Waals surface area contributed by atoms with Gasteiger partial charge in [0.15, 0.2) is 17.0 Å². The summed E-state index contributed by atoms with van der Waals surface area (Å²) >= 11 is 0. The summed E-state index contributed by atoms with van der Waals surface area (Å²) < 4.78 is 6.70. The summed E-state index contributed by atoms with van der Waals surface area (Å²) in [4.78, 5) is 25.1. The minimum atomic E-state index is -0.390. The van der Waals surface area contributed by atoms with Gasteiger partial charge < -0.3 is 19.7 Å². The SMILES string of the molecule is COC(=O)c1ccccc1-c1cccc(CNc2nc(C#N)nc3c2ncn3CCCO)c1. The number of methoxy groups -OCH3 is 1. The van der Waals surface area contributed by atoms with E-state index in [1.807, 2.05) is 42.5 Å². The molecule has 9 nitrogen and oxygen atoms in total. The number of nitriles is 1. The zero-order valence-corrected chi connectivity index (χ0v) is 18.0. The number of hydrogen-bond donors (Lipinski definition) is 2. The first-order valence-electron chi connectivity index (χ1n) is 10.4. The average Bonchev–Trinajstić information content (AvgIpc) is 3.28. The van der Waals surface area contributed by atoms with Crippen molar-refractivity contribution in [3.8, 4) is 17.2 Å². The summed E-state index contributed by atoms with van der Waals surface area (Å²) in [6.07, 6.45) is 2.19. The lowest BCUT2D eigenvalue weighted by Crippen LogP contribution is -2.07. The van der Waals surface area contributed by atoms with Crippen molar-refractivity contribution >= 4 is 23.0 Å². The Balaban J connectivity index is 1.62. The molecule has 0 radical (unpaired) electrons. The molecule has 0 atom stereocenters. The van der Waals surface area contributed by atoms with Crippen LogP contribution in [0.5, 0.6) is 0 Å². The van der Waals surface area contributed by atoms with E-state index in [0.29, 0.717) is 42.1 Å². The van der Waals surface area contributed by atoms with E-state index in [0.717, 1.165) is 16.7 Å². The second-order valence-corrected chi connectivity index (χ2v) is 7.29. The van der Waals surface area contributed by atoms with Gasteiger partial charge in [-0.3, -0.25) is 0 Å². The summed E-state index contributed by atoms with van der Waals surface area (Å²) in [5.41, 5.74) is 4.21. The van der Waals surface area contributed by atoms with Crippen LogP contribution in [0.2, 0.25) is 0 Å². The molecule has 4 rings (SSSR count). The molecule has 0 spiro atoms. The summed E-state index contributed by atoms with van der Waals surface area (Å²) in [5.74, 6) is 0.106. The van der Waals surface area contributed by atoms with E-state index in [2.05, 4.69) is 20.3 Å². The first-order valence-corrected chi connectivity index (χ1v) is 10.4. The number of hydrogen-bond acceptors (Lipinski definition) is 8. The van der Waals surface area contributed by atoms with Crippen LogP contribution in [0.3, 0.4) is 0 Å². The van der Waals surface area contributed by atoms with Gasteiger partial charge in [-0.25, -0.2) is 9.78 Å². The molecule has 33 heavy (non-hydrogen) atoms. The maximum Gasteiger partial charge on any atom is 0.338 e. The van der Waals surface area contributed by atoms with Gasteiger partial charge in [-0.2, -0.15) is 15.2 Å². The lowest BCUT2D eigenvalue weighted by atomic mass is 9.98. The lowest BCUT2D eigenvalue weighted by molar-refractivity contribution is 0.0601. The van der Waals surface area contributed by atoms with Gasteiger partial charge in [0.25, 0.3) is 0 Å². The summed E-state index contributed by atoms with van der Waals surface area (Å²) in [6.45, 7) is 1.01. The third kappa shape index (κ3) is 4.66. The van der Waals surface area contributed by atoms with E-state index in [1.54, 1.807) is 23.0 Å². The predicted molar refractivity (Wildman–Crippen MR) is 122 cm³/mol. The standard InChI is InChI=1S/C24H22N6O3/c1-33-24(32)19-9-3-2-8-18(19)17-7-4-6-16(12-17)14-26-22-21-23(29-20(13-25)28-22)30(15-27-21)10-5-11-31/h2-4,6-9,12,15,31H,5,10-11,14H2,1H3,(H,26,28,29). The van der Waals surface area contributed by atoms with Crippen LogP contribution in [-0.2, 0) is 17.8 Å². The number of imidazole rings is 1. The number of carbonyl (C=O) groups excluding carboxylic acids is 1. The number of nitrogens with one attached hydrogen (secondary N) is 1. The van der Waals surface area contributed by atoms with Crippen LogP contribution < -0.4 is 5.32 Å². The van der Waals surface area contributed by atoms with Crippen molar-refractivity contribution in [2.75, 3.05) is 19.0 Å². The maximum absolute atomic E-state index is 12.2. The van der Waals surface area contributed by atoms with Crippen LogP contribution in [0.4, 0.5) is 5.82 Å². The number of aromatic nitrogens is 4. The smallest absolute Gasteiger partial charge is 0.338 e. The molecule has 0 aliphatic rings. The normalized spacial score (nSPS) is 10.7. The van der Waals surface area contributed by atoms with Crippen LogP contribution >= 0.6 is 0 Å². The van der Waals surface area contributed by atoms with Crippen LogP contribution in [0.15, 0.2) is 54.9 Å². The highest BCUT2D eigenvalue weighted by atomic mass is 16.5. The topological polar surface area (TPSA) is 126 Å². The molecule has 9 heteroatoms. The first kappa shape index (κ1) is 21.9. The Bertz CT molecular complexity index is 1340. The van der Waals surface area contributed by atoms with Crippen molar-refractivity contribution in [3.05, 3.63) is 71.8 Å². The Morgan fingerprint density at radius 2 is 2.06 bits per heavy atom. The van der Waals surface area contributed by atoms with E-state index in [1.165, 1.54) is 7.11 Å². The predicted octanol–water partition coefficient (Wildman–Crippen LogP) is 3.15. The molecular weight excluding hydrogens is 420 g/mol. The van der Waals surface area contributed by atoms with Crippen molar-refractivity contribution in [1.82, 2.24) is 19.5 Å². The Morgan fingerprint density at radius 3 is 2.85 bits per heavy atom. The molecule has 2 heterocycles. The Hall–Kier alpha value is -4.29. The second-order valence-electron chi connectivity index (χ2n) is 7.29. The van der Waals surface area contributed by atoms with Gasteiger partial charge >= 0.3 is 5.97 Å². The third-order valence-corrected chi connectivity index (χ3v) is 5.15. The van der Waals surface area contributed by atoms with Crippen LogP contribution in [0, 0.1) is 11.3 Å². The number of aryl methyl sites for hydroxylation is 1. The van der Waals surface area contributed by atoms with E-state index in [4.69, 9.17) is 9.84 Å². The molecule has 4 aromatic rings. The van der Waals surface area contributed by atoms with E-state index >= 15 is 0 Å². The average molecular weight is 442 g/mol. The summed E-state index contributed by atoms with van der Waals surface area (Å²) in [6, 6.07) is 17.1. The number of carbonyl (C=O) groups is 1. The quantitative estimate of drug-likeness (QED) is 0.399. The van der Waals surface area contributed by atoms with Gasteiger partial charge in [0, 0.05) is 19.7 Å². The molecular formula is C24H22N6O3. The molecule has 0 fully saturated rings. The van der Waals surface area contributed by atoms with Crippen LogP contribution in [0.25, 0.3) is 22.3 Å². The fourth-order valence-corrected chi connectivity index (χ4v) is 3.58. The molecule has 2 N–H and O–H groups in total. The number of fused-ring (bicyclic) bond motifs is 1. The van der Waals surface area contributed by atoms with Gasteiger partial charge in [-0.15, -0.1) is 0 Å². The number of nitrogens with zero attached hydrogens (tertiary/aromatic N) is 5. The van der Waals surface area contributed by atoms with Crippen LogP contribution in [0.1, 0.15) is 28.2 Å². The van der Waals surface area contributed by atoms with Gasteiger partial charge in [0.05, 0.1) is 19.0 Å². The fraction of sp³-hybridized carbons (Fsp3) is 0.208. The number of ether oxygens (including phenoxy) is 1. The highest BCUT2D eigenvalue weighted by Gasteiger charge is 2.15. The molecule has 2 aromatic carbocycles. The second kappa shape index (κ2) is 9.89. The van der Waals surface area contributed by atoms with E-state index in [9.17, 15) is 10.1 Å². The number of aliphatic hydroxyl groups excluding tert-OH is 1. The van der Waals surface area contributed by atoms with Gasteiger partial charge in [0.1, 0.15) is 6.07 Å². The van der Waals surface area contributed by atoms with Crippen molar-refractivity contribution < 1.29 is 14.6 Å². The molecule has 166 valence electrons.